The van der Waals surface area contributed by atoms with Crippen molar-refractivity contribution >= 4 is 21.8 Å². The number of pyridine rings is 4. The van der Waals surface area contributed by atoms with E-state index in [4.69, 9.17) is 9.97 Å². The van der Waals surface area contributed by atoms with Crippen molar-refractivity contribution < 1.29 is 0 Å². The van der Waals surface area contributed by atoms with Crippen LogP contribution in [0.4, 0.5) is 0 Å². The fourth-order valence-corrected chi connectivity index (χ4v) is 6.72. The minimum absolute atomic E-state index is 0.915. The Morgan fingerprint density at radius 3 is 1.48 bits per heavy atom. The highest BCUT2D eigenvalue weighted by molar-refractivity contribution is 6.09. The van der Waals surface area contributed by atoms with E-state index < -0.39 is 0 Å². The highest BCUT2D eigenvalue weighted by Crippen LogP contribution is 2.37. The summed E-state index contributed by atoms with van der Waals surface area (Å²) in [6, 6.07) is 53.4. The van der Waals surface area contributed by atoms with Gasteiger partial charge in [-0.2, -0.15) is 0 Å². The van der Waals surface area contributed by atoms with Gasteiger partial charge in [-0.1, -0.05) is 109 Å². The van der Waals surface area contributed by atoms with Gasteiger partial charge >= 0.3 is 0 Å². The summed E-state index contributed by atoms with van der Waals surface area (Å²) in [5.41, 5.74) is 15.1. The lowest BCUT2D eigenvalue weighted by atomic mass is 9.93. The van der Waals surface area contributed by atoms with Crippen molar-refractivity contribution in [3.05, 3.63) is 183 Å². The Morgan fingerprint density at radius 1 is 0.340 bits per heavy atom. The second kappa shape index (κ2) is 12.7. The molecule has 0 atom stereocenters. The van der Waals surface area contributed by atoms with E-state index in [1.807, 2.05) is 36.8 Å². The van der Waals surface area contributed by atoms with Crippen LogP contribution >= 0.6 is 0 Å². The predicted octanol–water partition coefficient (Wildman–Crippen LogP) is 11.6. The number of fused-ring (bicyclic) bond motifs is 3. The number of rotatable bonds is 6. The predicted molar refractivity (Wildman–Crippen MR) is 205 cm³/mol. The van der Waals surface area contributed by atoms with Gasteiger partial charge in [0.2, 0.25) is 0 Å². The molecule has 4 nitrogen and oxygen atoms in total. The van der Waals surface area contributed by atoms with Crippen LogP contribution in [0.5, 0.6) is 0 Å². The summed E-state index contributed by atoms with van der Waals surface area (Å²) < 4.78 is 0. The van der Waals surface area contributed by atoms with Gasteiger partial charge in [0, 0.05) is 58.4 Å². The summed E-state index contributed by atoms with van der Waals surface area (Å²) >= 11 is 0. The molecule has 0 fully saturated rings. The third-order valence-corrected chi connectivity index (χ3v) is 9.29. The van der Waals surface area contributed by atoms with Crippen LogP contribution in [0.3, 0.4) is 0 Å². The van der Waals surface area contributed by atoms with Crippen molar-refractivity contribution in [2.45, 2.75) is 0 Å². The molecule has 5 aromatic carbocycles. The van der Waals surface area contributed by atoms with Gasteiger partial charge in [0.05, 0.1) is 16.7 Å². The number of aromatic nitrogens is 4. The maximum absolute atomic E-state index is 5.19. The van der Waals surface area contributed by atoms with E-state index in [2.05, 4.69) is 143 Å². The van der Waals surface area contributed by atoms with Gasteiger partial charge in [-0.3, -0.25) is 15.0 Å². The first-order chi connectivity index (χ1) is 24.8. The molecule has 0 aliphatic heterocycles. The summed E-state index contributed by atoms with van der Waals surface area (Å²) in [6.07, 6.45) is 9.28. The molecule has 234 valence electrons. The standard InChI is InChI=1S/C46H30N4/c1-2-7-34(8-3-1)43-28-44(50-46-42(43)21-20-36-9-6-24-49-45(36)46)35-18-16-32(17-19-35)31-12-14-33(15-13-31)39-25-40(37-10-4-22-47-29-37)27-41(26-39)38-11-5-23-48-30-38/h1-30H. The maximum atomic E-state index is 5.19. The molecule has 4 heteroatoms. The van der Waals surface area contributed by atoms with Crippen molar-refractivity contribution in [2.24, 2.45) is 0 Å². The molecule has 9 aromatic rings. The summed E-state index contributed by atoms with van der Waals surface area (Å²) in [6.45, 7) is 0. The van der Waals surface area contributed by atoms with E-state index in [9.17, 15) is 0 Å². The summed E-state index contributed by atoms with van der Waals surface area (Å²) in [5.74, 6) is 0. The van der Waals surface area contributed by atoms with Crippen LogP contribution in [-0.4, -0.2) is 19.9 Å². The number of benzene rings is 5. The maximum Gasteiger partial charge on any atom is 0.0978 e. The second-order valence-electron chi connectivity index (χ2n) is 12.4. The smallest absolute Gasteiger partial charge is 0.0978 e. The van der Waals surface area contributed by atoms with Gasteiger partial charge in [-0.25, -0.2) is 4.98 Å². The minimum atomic E-state index is 0.915. The van der Waals surface area contributed by atoms with E-state index in [0.29, 0.717) is 0 Å². The largest absolute Gasteiger partial charge is 0.264 e. The third-order valence-electron chi connectivity index (χ3n) is 9.29. The van der Waals surface area contributed by atoms with Crippen molar-refractivity contribution in [3.63, 3.8) is 0 Å². The first kappa shape index (κ1) is 29.4. The fourth-order valence-electron chi connectivity index (χ4n) is 6.72. The van der Waals surface area contributed by atoms with Crippen LogP contribution in [0.15, 0.2) is 183 Å². The van der Waals surface area contributed by atoms with Gasteiger partial charge in [0.1, 0.15) is 0 Å². The number of nitrogens with zero attached hydrogens (tertiary/aromatic N) is 4. The van der Waals surface area contributed by atoms with Gasteiger partial charge in [-0.05, 0) is 87.0 Å². The van der Waals surface area contributed by atoms with Crippen molar-refractivity contribution in [1.29, 1.82) is 0 Å². The third kappa shape index (κ3) is 5.59. The molecule has 4 aromatic heterocycles. The van der Waals surface area contributed by atoms with E-state index in [0.717, 1.165) is 88.7 Å². The van der Waals surface area contributed by atoms with Gasteiger partial charge in [-0.15, -0.1) is 0 Å². The Morgan fingerprint density at radius 2 is 0.880 bits per heavy atom. The lowest BCUT2D eigenvalue weighted by molar-refractivity contribution is 1.32. The molecule has 50 heavy (non-hydrogen) atoms. The van der Waals surface area contributed by atoms with Gasteiger partial charge in [0.25, 0.3) is 0 Å². The second-order valence-corrected chi connectivity index (χ2v) is 12.4. The highest BCUT2D eigenvalue weighted by Gasteiger charge is 2.14. The monoisotopic (exact) mass is 638 g/mol. The number of hydrogen-bond acceptors (Lipinski definition) is 4. The average Bonchev–Trinajstić information content (AvgIpc) is 3.21. The van der Waals surface area contributed by atoms with E-state index in [1.165, 1.54) is 0 Å². The molecule has 0 radical (unpaired) electrons. The SMILES string of the molecule is c1ccc(-c2cc(-c3ccc(-c4ccc(-c5cc(-c6cccnc6)cc(-c6cccnc6)c5)cc4)cc3)nc3c2ccc2cccnc23)cc1. The molecule has 0 saturated heterocycles. The van der Waals surface area contributed by atoms with E-state index in [-0.39, 0.29) is 0 Å². The summed E-state index contributed by atoms with van der Waals surface area (Å²) in [5, 5.41) is 2.18. The molecule has 0 unspecified atom stereocenters. The fraction of sp³-hybridized carbons (Fsp3) is 0. The van der Waals surface area contributed by atoms with Crippen LogP contribution < -0.4 is 0 Å². The normalized spacial score (nSPS) is 11.2. The zero-order chi connectivity index (χ0) is 33.3. The van der Waals surface area contributed by atoms with Crippen molar-refractivity contribution in [1.82, 2.24) is 19.9 Å². The molecule has 9 rings (SSSR count). The molecule has 0 saturated carbocycles. The Kier molecular flexibility index (Phi) is 7.45. The van der Waals surface area contributed by atoms with Crippen LogP contribution in [-0.2, 0) is 0 Å². The molecule has 0 bridgehead atoms. The Labute approximate surface area is 290 Å². The topological polar surface area (TPSA) is 51.6 Å². The van der Waals surface area contributed by atoms with Crippen LogP contribution in [0, 0.1) is 0 Å². The molecule has 0 amide bonds. The van der Waals surface area contributed by atoms with Gasteiger partial charge in [0.15, 0.2) is 0 Å². The minimum Gasteiger partial charge on any atom is -0.264 e. The van der Waals surface area contributed by atoms with Gasteiger partial charge < -0.3 is 0 Å². The van der Waals surface area contributed by atoms with Crippen LogP contribution in [0.1, 0.15) is 0 Å². The first-order valence-electron chi connectivity index (χ1n) is 16.7. The molecule has 0 spiro atoms. The van der Waals surface area contributed by atoms with Crippen LogP contribution in [0.2, 0.25) is 0 Å². The van der Waals surface area contributed by atoms with Crippen LogP contribution in [0.25, 0.3) is 88.7 Å². The quantitative estimate of drug-likeness (QED) is 0.170. The Balaban J connectivity index is 1.07. The average molecular weight is 639 g/mol. The molecular formula is C46H30N4. The molecular weight excluding hydrogens is 609 g/mol. The zero-order valence-corrected chi connectivity index (χ0v) is 27.1. The first-order valence-corrected chi connectivity index (χ1v) is 16.7. The number of hydrogen-bond donors (Lipinski definition) is 0. The Hall–Kier alpha value is -6.78. The zero-order valence-electron chi connectivity index (χ0n) is 27.1. The molecule has 4 heterocycles. The molecule has 0 aliphatic rings. The highest BCUT2D eigenvalue weighted by atomic mass is 14.8. The van der Waals surface area contributed by atoms with Crippen molar-refractivity contribution in [2.75, 3.05) is 0 Å². The lowest BCUT2D eigenvalue weighted by Gasteiger charge is -2.13. The van der Waals surface area contributed by atoms with E-state index in [1.54, 1.807) is 12.4 Å². The lowest BCUT2D eigenvalue weighted by Crippen LogP contribution is -1.92. The van der Waals surface area contributed by atoms with E-state index >= 15 is 0 Å². The Bertz CT molecular complexity index is 2540. The molecule has 0 N–H and O–H groups in total. The summed E-state index contributed by atoms with van der Waals surface area (Å²) in [7, 11) is 0. The summed E-state index contributed by atoms with van der Waals surface area (Å²) in [4.78, 5) is 18.7. The van der Waals surface area contributed by atoms with Crippen molar-refractivity contribution in [3.8, 4) is 66.9 Å². The molecule has 0 aliphatic carbocycles.